The molecular weight excluding hydrogens is 488 g/mol. The van der Waals surface area contributed by atoms with Crippen LogP contribution in [0, 0.1) is 25.7 Å². The lowest BCUT2D eigenvalue weighted by Crippen LogP contribution is -2.55. The molecule has 3 fully saturated rings. The number of anilines is 1. The Labute approximate surface area is 223 Å². The first-order valence-electron chi connectivity index (χ1n) is 13.0. The standard InChI is InChI=1S/C29H38N2O5S/c1-6-14-30(21-18-19(3)10-11-20(21)4)26(34)24-29-13-12-28(5,37-29)23(27(35)36-17-7-2)22(29)25(33)31(24)15-8-9-16-32/h6-7,10-11,18,22-24,32H,1-2,8-9,12-17H2,3-5H3/t22-,23+,24?,28-,29?/m0/s1. The summed E-state index contributed by atoms with van der Waals surface area (Å²) >= 11 is 1.63. The number of carbonyl (C=O) groups is 3. The van der Waals surface area contributed by atoms with Gasteiger partial charge in [0.1, 0.15) is 12.6 Å². The van der Waals surface area contributed by atoms with Crippen molar-refractivity contribution >= 4 is 35.2 Å². The summed E-state index contributed by atoms with van der Waals surface area (Å²) in [5.74, 6) is -1.94. The van der Waals surface area contributed by atoms with Crippen molar-refractivity contribution in [2.75, 3.05) is 31.2 Å². The lowest BCUT2D eigenvalue weighted by Gasteiger charge is -2.37. The van der Waals surface area contributed by atoms with E-state index in [-0.39, 0.29) is 25.0 Å². The van der Waals surface area contributed by atoms with Crippen molar-refractivity contribution in [3.63, 3.8) is 0 Å². The van der Waals surface area contributed by atoms with Gasteiger partial charge < -0.3 is 19.6 Å². The molecule has 3 aliphatic heterocycles. The monoisotopic (exact) mass is 526 g/mol. The van der Waals surface area contributed by atoms with Crippen LogP contribution in [0.3, 0.4) is 0 Å². The third-order valence-electron chi connectivity index (χ3n) is 8.15. The molecule has 2 amide bonds. The Hall–Kier alpha value is -2.58. The van der Waals surface area contributed by atoms with Gasteiger partial charge in [-0.05, 0) is 63.6 Å². The molecule has 4 rings (SSSR count). The SMILES string of the molecule is C=CCOC(=O)[C@H]1[C@H]2C(=O)N(CCCCO)C(C(=O)N(CC=C)c3cc(C)ccc3C)C23CC[C@]1(C)S3. The number of unbranched alkanes of at least 4 members (excludes halogenated alkanes) is 1. The molecule has 3 saturated heterocycles. The van der Waals surface area contributed by atoms with Crippen LogP contribution in [0.2, 0.25) is 0 Å². The van der Waals surface area contributed by atoms with Gasteiger partial charge in [0.05, 0.1) is 16.6 Å². The molecular formula is C29H38N2O5S. The highest BCUT2D eigenvalue weighted by atomic mass is 32.2. The van der Waals surface area contributed by atoms with Crippen molar-refractivity contribution in [2.24, 2.45) is 11.8 Å². The Balaban J connectivity index is 1.79. The van der Waals surface area contributed by atoms with Crippen molar-refractivity contribution in [3.8, 4) is 0 Å². The number of thioether (sulfide) groups is 1. The van der Waals surface area contributed by atoms with Gasteiger partial charge in [0.2, 0.25) is 5.91 Å². The third kappa shape index (κ3) is 4.52. The molecule has 0 aromatic heterocycles. The van der Waals surface area contributed by atoms with Crippen LogP contribution < -0.4 is 4.90 Å². The second-order valence-corrected chi connectivity index (χ2v) is 12.5. The van der Waals surface area contributed by atoms with Crippen LogP contribution >= 0.6 is 11.8 Å². The zero-order valence-electron chi connectivity index (χ0n) is 22.1. The lowest BCUT2D eigenvalue weighted by atomic mass is 9.66. The van der Waals surface area contributed by atoms with E-state index >= 15 is 0 Å². The van der Waals surface area contributed by atoms with Gasteiger partial charge in [-0.2, -0.15) is 0 Å². The van der Waals surface area contributed by atoms with Crippen molar-refractivity contribution in [1.82, 2.24) is 4.90 Å². The first kappa shape index (κ1) is 27.5. The van der Waals surface area contributed by atoms with Gasteiger partial charge in [-0.15, -0.1) is 18.3 Å². The summed E-state index contributed by atoms with van der Waals surface area (Å²) in [6, 6.07) is 5.29. The summed E-state index contributed by atoms with van der Waals surface area (Å²) in [5, 5.41) is 9.38. The highest BCUT2D eigenvalue weighted by Gasteiger charge is 2.77. The number of hydrogen-bond donors (Lipinski definition) is 1. The predicted molar refractivity (Wildman–Crippen MR) is 146 cm³/mol. The van der Waals surface area contributed by atoms with Crippen molar-refractivity contribution < 1.29 is 24.2 Å². The number of rotatable bonds is 11. The van der Waals surface area contributed by atoms with E-state index in [1.54, 1.807) is 27.6 Å². The van der Waals surface area contributed by atoms with E-state index in [2.05, 4.69) is 13.2 Å². The molecule has 200 valence electrons. The first-order chi connectivity index (χ1) is 17.6. The van der Waals surface area contributed by atoms with Gasteiger partial charge >= 0.3 is 5.97 Å². The number of aliphatic hydroxyl groups excluding tert-OH is 1. The number of likely N-dealkylation sites (tertiary alicyclic amines) is 1. The van der Waals surface area contributed by atoms with Gasteiger partial charge in [-0.25, -0.2) is 0 Å². The van der Waals surface area contributed by atoms with E-state index in [1.807, 2.05) is 39.0 Å². The van der Waals surface area contributed by atoms with Crippen molar-refractivity contribution in [3.05, 3.63) is 54.6 Å². The van der Waals surface area contributed by atoms with Crippen LogP contribution in [0.5, 0.6) is 0 Å². The van der Waals surface area contributed by atoms with Gasteiger partial charge in [-0.3, -0.25) is 14.4 Å². The molecule has 1 N–H and O–H groups in total. The Morgan fingerprint density at radius 3 is 2.68 bits per heavy atom. The number of aliphatic hydroxyl groups is 1. The summed E-state index contributed by atoms with van der Waals surface area (Å²) in [5.41, 5.74) is 2.81. The molecule has 3 heterocycles. The number of hydrogen-bond acceptors (Lipinski definition) is 6. The summed E-state index contributed by atoms with van der Waals surface area (Å²) in [7, 11) is 0. The van der Waals surface area contributed by atoms with Crippen LogP contribution in [-0.2, 0) is 19.1 Å². The number of aryl methyl sites for hydroxylation is 2. The molecule has 37 heavy (non-hydrogen) atoms. The number of benzene rings is 1. The maximum absolute atomic E-state index is 14.6. The fourth-order valence-electron chi connectivity index (χ4n) is 6.52. The van der Waals surface area contributed by atoms with E-state index < -0.39 is 33.3 Å². The maximum Gasteiger partial charge on any atom is 0.311 e. The fourth-order valence-corrected chi connectivity index (χ4v) is 8.86. The van der Waals surface area contributed by atoms with E-state index in [4.69, 9.17) is 4.74 Å². The van der Waals surface area contributed by atoms with Crippen LogP contribution in [0.15, 0.2) is 43.5 Å². The minimum Gasteiger partial charge on any atom is -0.461 e. The molecule has 3 aliphatic rings. The van der Waals surface area contributed by atoms with Crippen molar-refractivity contribution in [2.45, 2.75) is 62.0 Å². The summed E-state index contributed by atoms with van der Waals surface area (Å²) < 4.78 is 4.29. The molecule has 1 spiro atoms. The fraction of sp³-hybridized carbons (Fsp3) is 0.552. The average Bonchev–Trinajstić information content (AvgIpc) is 3.43. The zero-order chi connectivity index (χ0) is 27.0. The average molecular weight is 527 g/mol. The van der Waals surface area contributed by atoms with Gasteiger partial charge in [-0.1, -0.05) is 30.9 Å². The van der Waals surface area contributed by atoms with Gasteiger partial charge in [0.15, 0.2) is 0 Å². The largest absolute Gasteiger partial charge is 0.461 e. The Kier molecular flexibility index (Phi) is 7.91. The Morgan fingerprint density at radius 2 is 2.00 bits per heavy atom. The smallest absolute Gasteiger partial charge is 0.311 e. The quantitative estimate of drug-likeness (QED) is 0.268. The summed E-state index contributed by atoms with van der Waals surface area (Å²) in [6.07, 6.45) is 5.75. The van der Waals surface area contributed by atoms with Crippen LogP contribution in [0.4, 0.5) is 5.69 Å². The third-order valence-corrected chi connectivity index (χ3v) is 10.1. The minimum atomic E-state index is -0.715. The summed E-state index contributed by atoms with van der Waals surface area (Å²) in [6.45, 7) is 14.3. The Morgan fingerprint density at radius 1 is 1.24 bits per heavy atom. The molecule has 2 unspecified atom stereocenters. The molecule has 0 aliphatic carbocycles. The molecule has 7 nitrogen and oxygen atoms in total. The number of esters is 1. The molecule has 1 aromatic carbocycles. The maximum atomic E-state index is 14.6. The summed E-state index contributed by atoms with van der Waals surface area (Å²) in [4.78, 5) is 45.3. The highest BCUT2D eigenvalue weighted by Crippen LogP contribution is 2.71. The van der Waals surface area contributed by atoms with E-state index in [1.165, 1.54) is 6.08 Å². The number of nitrogens with zero attached hydrogens (tertiary/aromatic N) is 2. The molecule has 1 aromatic rings. The van der Waals surface area contributed by atoms with E-state index in [9.17, 15) is 19.5 Å². The molecule has 2 bridgehead atoms. The Bertz CT molecular complexity index is 1110. The van der Waals surface area contributed by atoms with Crippen LogP contribution in [0.25, 0.3) is 0 Å². The minimum absolute atomic E-state index is 0.0175. The lowest BCUT2D eigenvalue weighted by molar-refractivity contribution is -0.154. The van der Waals surface area contributed by atoms with Crippen LogP contribution in [0.1, 0.15) is 43.7 Å². The molecule has 0 saturated carbocycles. The zero-order valence-corrected chi connectivity index (χ0v) is 22.9. The number of fused-ring (bicyclic) bond motifs is 1. The first-order valence-corrected chi connectivity index (χ1v) is 13.9. The van der Waals surface area contributed by atoms with E-state index in [0.717, 1.165) is 23.2 Å². The topological polar surface area (TPSA) is 87.1 Å². The van der Waals surface area contributed by atoms with Crippen molar-refractivity contribution in [1.29, 1.82) is 0 Å². The van der Waals surface area contributed by atoms with Crippen LogP contribution in [-0.4, -0.2) is 69.6 Å². The normalized spacial score (nSPS) is 29.8. The number of carbonyl (C=O) groups excluding carboxylic acids is 3. The molecule has 0 radical (unpaired) electrons. The second kappa shape index (κ2) is 10.7. The second-order valence-electron chi connectivity index (χ2n) is 10.6. The molecule has 8 heteroatoms. The predicted octanol–water partition coefficient (Wildman–Crippen LogP) is 3.81. The van der Waals surface area contributed by atoms with Gasteiger partial charge in [0.25, 0.3) is 5.91 Å². The molecule has 5 atom stereocenters. The van der Waals surface area contributed by atoms with Gasteiger partial charge in [0, 0.05) is 30.1 Å². The van der Waals surface area contributed by atoms with E-state index in [0.29, 0.717) is 32.4 Å². The highest BCUT2D eigenvalue weighted by molar-refractivity contribution is 8.02. The number of ether oxygens (including phenoxy) is 1. The number of amides is 2.